The molecule has 1 aromatic carbocycles. The Kier molecular flexibility index (Phi) is 5.75. The van der Waals surface area contributed by atoms with E-state index in [4.69, 9.17) is 0 Å². The number of amides is 1. The van der Waals surface area contributed by atoms with Gasteiger partial charge in [0.2, 0.25) is 0 Å². The van der Waals surface area contributed by atoms with Gasteiger partial charge in [-0.3, -0.25) is 4.79 Å². The highest BCUT2D eigenvalue weighted by atomic mass is 32.2. The lowest BCUT2D eigenvalue weighted by Gasteiger charge is -2.23. The van der Waals surface area contributed by atoms with Crippen molar-refractivity contribution < 1.29 is 4.79 Å². The van der Waals surface area contributed by atoms with E-state index in [-0.39, 0.29) is 5.91 Å². The Morgan fingerprint density at radius 1 is 1.36 bits per heavy atom. The molecule has 1 aliphatic rings. The van der Waals surface area contributed by atoms with Crippen LogP contribution >= 0.6 is 11.8 Å². The summed E-state index contributed by atoms with van der Waals surface area (Å²) in [6, 6.07) is 6.61. The molecule has 0 bridgehead atoms. The summed E-state index contributed by atoms with van der Waals surface area (Å²) >= 11 is 1.69. The van der Waals surface area contributed by atoms with E-state index in [0.29, 0.717) is 18.3 Å². The zero-order valence-electron chi connectivity index (χ0n) is 15.0. The molecule has 1 fully saturated rings. The van der Waals surface area contributed by atoms with Crippen LogP contribution in [0, 0.1) is 13.8 Å². The van der Waals surface area contributed by atoms with E-state index in [1.807, 2.05) is 11.6 Å². The van der Waals surface area contributed by atoms with E-state index in [1.54, 1.807) is 11.8 Å². The van der Waals surface area contributed by atoms with E-state index in [9.17, 15) is 4.79 Å². The normalized spacial score (nSPS) is 15.3. The van der Waals surface area contributed by atoms with E-state index < -0.39 is 0 Å². The first-order valence-corrected chi connectivity index (χ1v) is 9.87. The molecule has 0 atom stereocenters. The fourth-order valence-corrected chi connectivity index (χ4v) is 3.91. The molecule has 6 nitrogen and oxygen atoms in total. The molecule has 134 valence electrons. The minimum atomic E-state index is -0.162. The second kappa shape index (κ2) is 8.01. The van der Waals surface area contributed by atoms with Crippen molar-refractivity contribution in [3.63, 3.8) is 0 Å². The molecule has 1 aromatic heterocycles. The second-order valence-electron chi connectivity index (χ2n) is 6.45. The molecule has 0 aliphatic carbocycles. The van der Waals surface area contributed by atoms with E-state index >= 15 is 0 Å². The van der Waals surface area contributed by atoms with Gasteiger partial charge in [-0.05, 0) is 63.2 Å². The number of carbonyl (C=O) groups excluding carboxylic acids is 1. The highest BCUT2D eigenvalue weighted by molar-refractivity contribution is 7.98. The minimum Gasteiger partial charge on any atom is -0.346 e. The molecular formula is C18H25N5OS. The predicted molar refractivity (Wildman–Crippen MR) is 100 cm³/mol. The maximum Gasteiger partial charge on any atom is 0.274 e. The van der Waals surface area contributed by atoms with Crippen LogP contribution in [0.1, 0.15) is 46.2 Å². The third-order valence-electron chi connectivity index (χ3n) is 4.68. The zero-order valence-corrected chi connectivity index (χ0v) is 15.8. The molecule has 1 aliphatic heterocycles. The lowest BCUT2D eigenvalue weighted by Crippen LogP contribution is -2.30. The molecule has 0 radical (unpaired) electrons. The number of carbonyl (C=O) groups is 1. The molecule has 0 spiro atoms. The quantitative estimate of drug-likeness (QED) is 0.803. The molecule has 25 heavy (non-hydrogen) atoms. The molecule has 2 N–H and O–H groups in total. The molecule has 7 heteroatoms. The van der Waals surface area contributed by atoms with Gasteiger partial charge in [-0.2, -0.15) is 0 Å². The molecule has 0 saturated carbocycles. The van der Waals surface area contributed by atoms with Crippen molar-refractivity contribution >= 4 is 17.7 Å². The fraction of sp³-hybridized carbons (Fsp3) is 0.500. The monoisotopic (exact) mass is 359 g/mol. The van der Waals surface area contributed by atoms with Gasteiger partial charge in [0.25, 0.3) is 5.91 Å². The largest absolute Gasteiger partial charge is 0.346 e. The summed E-state index contributed by atoms with van der Waals surface area (Å²) in [5.41, 5.74) is 3.62. The van der Waals surface area contributed by atoms with Gasteiger partial charge in [0.05, 0.1) is 11.7 Å². The zero-order chi connectivity index (χ0) is 17.8. The Morgan fingerprint density at radius 2 is 2.12 bits per heavy atom. The van der Waals surface area contributed by atoms with Gasteiger partial charge in [-0.1, -0.05) is 17.3 Å². The smallest absolute Gasteiger partial charge is 0.274 e. The molecular weight excluding hydrogens is 334 g/mol. The highest BCUT2D eigenvalue weighted by Gasteiger charge is 2.22. The Balaban J connectivity index is 1.69. The van der Waals surface area contributed by atoms with Crippen LogP contribution in [-0.4, -0.2) is 40.2 Å². The summed E-state index contributed by atoms with van der Waals surface area (Å²) in [5, 5.41) is 14.7. The molecule has 3 rings (SSSR count). The fourth-order valence-electron chi connectivity index (χ4n) is 3.21. The van der Waals surface area contributed by atoms with Crippen molar-refractivity contribution in [2.75, 3.05) is 19.3 Å². The number of piperidine rings is 1. The number of nitrogens with one attached hydrogen (secondary N) is 2. The summed E-state index contributed by atoms with van der Waals surface area (Å²) in [7, 11) is 0. The Bertz CT molecular complexity index is 752. The van der Waals surface area contributed by atoms with E-state index in [2.05, 4.69) is 52.3 Å². The molecule has 2 heterocycles. The van der Waals surface area contributed by atoms with E-state index in [0.717, 1.165) is 37.2 Å². The standard InChI is InChI=1S/C18H25N5OS/c1-12-4-5-14(16(10-12)25-3)11-20-18(24)17-13(2)23(22-21-17)15-6-8-19-9-7-15/h4-5,10,15,19H,6-9,11H2,1-3H3,(H,20,24). The maximum atomic E-state index is 12.6. The van der Waals surface area contributed by atoms with E-state index in [1.165, 1.54) is 10.5 Å². The van der Waals surface area contributed by atoms with Crippen LogP contribution in [0.2, 0.25) is 0 Å². The number of hydrogen-bond donors (Lipinski definition) is 2. The van der Waals surface area contributed by atoms with Crippen molar-refractivity contribution in [3.8, 4) is 0 Å². The molecule has 2 aromatic rings. The SMILES string of the molecule is CSc1cc(C)ccc1CNC(=O)c1nnn(C2CCNCC2)c1C. The van der Waals surface area contributed by atoms with Crippen LogP contribution < -0.4 is 10.6 Å². The number of rotatable bonds is 5. The lowest BCUT2D eigenvalue weighted by molar-refractivity contribution is 0.0945. The van der Waals surface area contributed by atoms with Crippen LogP contribution in [0.3, 0.4) is 0 Å². The number of nitrogens with zero attached hydrogens (tertiary/aromatic N) is 3. The van der Waals surface area contributed by atoms with Gasteiger partial charge in [-0.25, -0.2) is 4.68 Å². The average molecular weight is 359 g/mol. The highest BCUT2D eigenvalue weighted by Crippen LogP contribution is 2.22. The topological polar surface area (TPSA) is 71.8 Å². The first-order chi connectivity index (χ1) is 12.1. The summed E-state index contributed by atoms with van der Waals surface area (Å²) in [4.78, 5) is 13.7. The van der Waals surface area contributed by atoms with Crippen molar-refractivity contribution in [3.05, 3.63) is 40.7 Å². The van der Waals surface area contributed by atoms with Crippen molar-refractivity contribution in [1.82, 2.24) is 25.6 Å². The Hall–Kier alpha value is -1.86. The molecule has 1 amide bonds. The summed E-state index contributed by atoms with van der Waals surface area (Å²) < 4.78 is 1.91. The van der Waals surface area contributed by atoms with Crippen molar-refractivity contribution in [2.45, 2.75) is 44.2 Å². The summed E-state index contributed by atoms with van der Waals surface area (Å²) in [5.74, 6) is -0.162. The number of benzene rings is 1. The molecule has 0 unspecified atom stereocenters. The van der Waals surface area contributed by atoms with Crippen LogP contribution in [0.25, 0.3) is 0 Å². The second-order valence-corrected chi connectivity index (χ2v) is 7.30. The van der Waals surface area contributed by atoms with Crippen LogP contribution in [0.5, 0.6) is 0 Å². The van der Waals surface area contributed by atoms with Crippen LogP contribution in [-0.2, 0) is 6.54 Å². The number of thioether (sulfide) groups is 1. The van der Waals surface area contributed by atoms with Gasteiger partial charge in [0.15, 0.2) is 5.69 Å². The van der Waals surface area contributed by atoms with Gasteiger partial charge in [0, 0.05) is 11.4 Å². The average Bonchev–Trinajstić information content (AvgIpc) is 3.02. The minimum absolute atomic E-state index is 0.162. The number of hydrogen-bond acceptors (Lipinski definition) is 5. The molecule has 1 saturated heterocycles. The summed E-state index contributed by atoms with van der Waals surface area (Å²) in [6.45, 7) is 6.46. The van der Waals surface area contributed by atoms with Gasteiger partial charge in [-0.15, -0.1) is 16.9 Å². The summed E-state index contributed by atoms with van der Waals surface area (Å²) in [6.07, 6.45) is 4.09. The van der Waals surface area contributed by atoms with Crippen LogP contribution in [0.4, 0.5) is 0 Å². The number of aryl methyl sites for hydroxylation is 1. The third kappa shape index (κ3) is 4.04. The van der Waals surface area contributed by atoms with Gasteiger partial charge < -0.3 is 10.6 Å². The Labute approximate surface area is 152 Å². The van der Waals surface area contributed by atoms with Gasteiger partial charge >= 0.3 is 0 Å². The van der Waals surface area contributed by atoms with Crippen molar-refractivity contribution in [1.29, 1.82) is 0 Å². The van der Waals surface area contributed by atoms with Crippen molar-refractivity contribution in [2.24, 2.45) is 0 Å². The maximum absolute atomic E-state index is 12.6. The predicted octanol–water partition coefficient (Wildman–Crippen LogP) is 2.47. The van der Waals surface area contributed by atoms with Gasteiger partial charge in [0.1, 0.15) is 0 Å². The lowest BCUT2D eigenvalue weighted by atomic mass is 10.1. The third-order valence-corrected chi connectivity index (χ3v) is 5.50. The first-order valence-electron chi connectivity index (χ1n) is 8.64. The Morgan fingerprint density at radius 3 is 2.84 bits per heavy atom. The number of aromatic nitrogens is 3. The van der Waals surface area contributed by atoms with Crippen LogP contribution in [0.15, 0.2) is 23.1 Å². The first kappa shape index (κ1) is 17.9.